The van der Waals surface area contributed by atoms with Crippen molar-refractivity contribution in [1.29, 1.82) is 0 Å². The maximum Gasteiger partial charge on any atom is 0.240 e. The van der Waals surface area contributed by atoms with Crippen LogP contribution < -0.4 is 10.6 Å². The average Bonchev–Trinajstić information content (AvgIpc) is 2.86. The molecule has 1 aliphatic rings. The normalized spacial score (nSPS) is 20.9. The lowest BCUT2D eigenvalue weighted by atomic mass is 10.2. The van der Waals surface area contributed by atoms with Crippen molar-refractivity contribution in [2.75, 3.05) is 26.7 Å². The van der Waals surface area contributed by atoms with Crippen LogP contribution >= 0.6 is 0 Å². The van der Waals surface area contributed by atoms with Crippen LogP contribution in [0.4, 0.5) is 0 Å². The first kappa shape index (κ1) is 13.0. The molecular formula is C11H19N5O2. The lowest BCUT2D eigenvalue weighted by Crippen LogP contribution is -2.56. The van der Waals surface area contributed by atoms with Gasteiger partial charge in [-0.3, -0.25) is 9.69 Å². The summed E-state index contributed by atoms with van der Waals surface area (Å²) >= 11 is 0. The van der Waals surface area contributed by atoms with E-state index in [1.54, 1.807) is 7.05 Å². The molecule has 7 heteroatoms. The Balaban J connectivity index is 2.02. The summed E-state index contributed by atoms with van der Waals surface area (Å²) in [5, 5.41) is 9.75. The Bertz CT molecular complexity index is 406. The molecule has 2 heterocycles. The smallest absolute Gasteiger partial charge is 0.240 e. The van der Waals surface area contributed by atoms with Crippen LogP contribution in [-0.4, -0.2) is 53.7 Å². The van der Waals surface area contributed by atoms with Crippen molar-refractivity contribution in [3.05, 3.63) is 11.7 Å². The van der Waals surface area contributed by atoms with Crippen LogP contribution in [0, 0.1) is 0 Å². The number of likely N-dealkylation sites (N-methyl/N-ethyl adjacent to an activating group) is 1. The molecule has 0 spiro atoms. The fourth-order valence-electron chi connectivity index (χ4n) is 2.03. The van der Waals surface area contributed by atoms with Crippen LogP contribution in [0.25, 0.3) is 0 Å². The average molecular weight is 253 g/mol. The van der Waals surface area contributed by atoms with Gasteiger partial charge in [0.15, 0.2) is 5.82 Å². The standard InChI is InChI=1S/C11H19N5O2/c1-3-9-14-10(18-15-9)7-16-5-4-13-6-8(16)11(17)12-2/h8,13H,3-7H2,1-2H3,(H,12,17). The van der Waals surface area contributed by atoms with Crippen LogP contribution in [0.15, 0.2) is 4.52 Å². The number of nitrogens with one attached hydrogen (secondary N) is 2. The van der Waals surface area contributed by atoms with Crippen molar-refractivity contribution in [3.63, 3.8) is 0 Å². The molecule has 1 unspecified atom stereocenters. The van der Waals surface area contributed by atoms with Crippen molar-refractivity contribution in [3.8, 4) is 0 Å². The molecule has 18 heavy (non-hydrogen) atoms. The zero-order chi connectivity index (χ0) is 13.0. The SMILES string of the molecule is CCc1noc(CN2CCNCC2C(=O)NC)n1. The Labute approximate surface area is 106 Å². The van der Waals surface area contributed by atoms with Gasteiger partial charge in [0, 0.05) is 33.1 Å². The lowest BCUT2D eigenvalue weighted by Gasteiger charge is -2.33. The zero-order valence-corrected chi connectivity index (χ0v) is 10.8. The molecule has 0 radical (unpaired) electrons. The Morgan fingerprint density at radius 1 is 1.67 bits per heavy atom. The van der Waals surface area contributed by atoms with Crippen LogP contribution in [-0.2, 0) is 17.8 Å². The summed E-state index contributed by atoms with van der Waals surface area (Å²) in [5.41, 5.74) is 0. The third-order valence-corrected chi connectivity index (χ3v) is 3.07. The molecule has 7 nitrogen and oxygen atoms in total. The van der Waals surface area contributed by atoms with E-state index in [-0.39, 0.29) is 11.9 Å². The Morgan fingerprint density at radius 2 is 2.50 bits per heavy atom. The van der Waals surface area contributed by atoms with Gasteiger partial charge in [0.05, 0.1) is 6.54 Å². The highest BCUT2D eigenvalue weighted by Crippen LogP contribution is 2.09. The number of hydrogen-bond donors (Lipinski definition) is 2. The van der Waals surface area contributed by atoms with Crippen molar-refractivity contribution in [2.24, 2.45) is 0 Å². The second-order valence-corrected chi connectivity index (χ2v) is 4.26. The number of nitrogens with zero attached hydrogens (tertiary/aromatic N) is 3. The topological polar surface area (TPSA) is 83.3 Å². The summed E-state index contributed by atoms with van der Waals surface area (Å²) in [4.78, 5) is 18.1. The maximum absolute atomic E-state index is 11.8. The fraction of sp³-hybridized carbons (Fsp3) is 0.727. The largest absolute Gasteiger partial charge is 0.358 e. The first-order valence-corrected chi connectivity index (χ1v) is 6.22. The number of carbonyl (C=O) groups excluding carboxylic acids is 1. The van der Waals surface area contributed by atoms with Crippen LogP contribution in [0.3, 0.4) is 0 Å². The molecule has 1 atom stereocenters. The third-order valence-electron chi connectivity index (χ3n) is 3.07. The van der Waals surface area contributed by atoms with Crippen molar-refractivity contribution in [1.82, 2.24) is 25.7 Å². The van der Waals surface area contributed by atoms with E-state index < -0.39 is 0 Å². The number of aromatic nitrogens is 2. The molecule has 1 fully saturated rings. The minimum Gasteiger partial charge on any atom is -0.358 e. The van der Waals surface area contributed by atoms with Crippen LogP contribution in [0.2, 0.25) is 0 Å². The highest BCUT2D eigenvalue weighted by Gasteiger charge is 2.29. The van der Waals surface area contributed by atoms with Crippen LogP contribution in [0.1, 0.15) is 18.6 Å². The number of piperazine rings is 1. The van der Waals surface area contributed by atoms with Crippen molar-refractivity contribution >= 4 is 5.91 Å². The molecule has 0 bridgehead atoms. The van der Waals surface area contributed by atoms with Crippen molar-refractivity contribution < 1.29 is 9.32 Å². The molecule has 2 N–H and O–H groups in total. The monoisotopic (exact) mass is 253 g/mol. The van der Waals surface area contributed by atoms with E-state index in [1.807, 2.05) is 6.92 Å². The van der Waals surface area contributed by atoms with Gasteiger partial charge in [-0.05, 0) is 0 Å². The number of amides is 1. The molecule has 1 aromatic rings. The fourth-order valence-corrected chi connectivity index (χ4v) is 2.03. The van der Waals surface area contributed by atoms with Gasteiger partial charge in [-0.1, -0.05) is 12.1 Å². The highest BCUT2D eigenvalue weighted by atomic mass is 16.5. The van der Waals surface area contributed by atoms with Gasteiger partial charge in [0.2, 0.25) is 11.8 Å². The van der Waals surface area contributed by atoms with E-state index in [0.717, 1.165) is 19.5 Å². The van der Waals surface area contributed by atoms with E-state index in [4.69, 9.17) is 4.52 Å². The van der Waals surface area contributed by atoms with Gasteiger partial charge < -0.3 is 15.2 Å². The quantitative estimate of drug-likeness (QED) is 0.727. The first-order chi connectivity index (χ1) is 8.74. The number of rotatable bonds is 4. The molecule has 100 valence electrons. The summed E-state index contributed by atoms with van der Waals surface area (Å²) in [5.74, 6) is 1.29. The predicted molar refractivity (Wildman–Crippen MR) is 64.8 cm³/mol. The van der Waals surface area contributed by atoms with Gasteiger partial charge in [-0.15, -0.1) is 0 Å². The summed E-state index contributed by atoms with van der Waals surface area (Å²) in [7, 11) is 1.65. The Kier molecular flexibility index (Phi) is 4.27. The van der Waals surface area contributed by atoms with Gasteiger partial charge in [-0.2, -0.15) is 4.98 Å². The van der Waals surface area contributed by atoms with Gasteiger partial charge >= 0.3 is 0 Å². The van der Waals surface area contributed by atoms with Crippen LogP contribution in [0.5, 0.6) is 0 Å². The molecule has 1 aromatic heterocycles. The summed E-state index contributed by atoms with van der Waals surface area (Å²) in [6, 6.07) is -0.180. The summed E-state index contributed by atoms with van der Waals surface area (Å²) in [6.07, 6.45) is 0.754. The summed E-state index contributed by atoms with van der Waals surface area (Å²) < 4.78 is 5.17. The molecule has 0 saturated carbocycles. The van der Waals surface area contributed by atoms with E-state index in [9.17, 15) is 4.79 Å². The minimum atomic E-state index is -0.180. The van der Waals surface area contributed by atoms with E-state index >= 15 is 0 Å². The molecular weight excluding hydrogens is 234 g/mol. The lowest BCUT2D eigenvalue weighted by molar-refractivity contribution is -0.126. The number of carbonyl (C=O) groups is 1. The predicted octanol–water partition coefficient (Wildman–Crippen LogP) is -0.848. The highest BCUT2D eigenvalue weighted by molar-refractivity contribution is 5.81. The van der Waals surface area contributed by atoms with Crippen molar-refractivity contribution in [2.45, 2.75) is 25.9 Å². The number of hydrogen-bond acceptors (Lipinski definition) is 6. The molecule has 2 rings (SSSR count). The van der Waals surface area contributed by atoms with Gasteiger partial charge in [-0.25, -0.2) is 0 Å². The van der Waals surface area contributed by atoms with Gasteiger partial charge in [0.25, 0.3) is 0 Å². The third kappa shape index (κ3) is 2.85. The minimum absolute atomic E-state index is 0.0115. The Morgan fingerprint density at radius 3 is 3.17 bits per heavy atom. The number of aryl methyl sites for hydroxylation is 1. The van der Waals surface area contributed by atoms with E-state index in [2.05, 4.69) is 25.7 Å². The Hall–Kier alpha value is -1.47. The molecule has 1 amide bonds. The van der Waals surface area contributed by atoms with Gasteiger partial charge in [0.1, 0.15) is 6.04 Å². The second kappa shape index (κ2) is 5.92. The maximum atomic E-state index is 11.8. The molecule has 0 aromatic carbocycles. The zero-order valence-electron chi connectivity index (χ0n) is 10.8. The molecule has 0 aliphatic carbocycles. The first-order valence-electron chi connectivity index (χ1n) is 6.22. The summed E-state index contributed by atoms with van der Waals surface area (Å²) in [6.45, 7) is 4.80. The van der Waals surface area contributed by atoms with E-state index in [0.29, 0.717) is 24.8 Å². The second-order valence-electron chi connectivity index (χ2n) is 4.26. The van der Waals surface area contributed by atoms with E-state index in [1.165, 1.54) is 0 Å². The molecule has 1 saturated heterocycles. The molecule has 1 aliphatic heterocycles.